The minimum Gasteiger partial charge on any atom is -0.379 e. The van der Waals surface area contributed by atoms with Gasteiger partial charge in [0.2, 0.25) is 0 Å². The van der Waals surface area contributed by atoms with E-state index in [0.717, 1.165) is 12.5 Å². The predicted molar refractivity (Wildman–Crippen MR) is 67.6 cm³/mol. The van der Waals surface area contributed by atoms with Crippen LogP contribution < -0.4 is 5.73 Å². The molecule has 1 atom stereocenters. The van der Waals surface area contributed by atoms with Gasteiger partial charge in [-0.25, -0.2) is 0 Å². The van der Waals surface area contributed by atoms with Crippen LogP contribution in [0, 0.1) is 5.92 Å². The Morgan fingerprint density at radius 3 is 2.56 bits per heavy atom. The molecule has 1 unspecified atom stereocenters. The van der Waals surface area contributed by atoms with Crippen molar-refractivity contribution >= 4 is 0 Å². The lowest BCUT2D eigenvalue weighted by Crippen LogP contribution is -2.40. The molecule has 0 spiro atoms. The predicted octanol–water partition coefficient (Wildman–Crippen LogP) is 0.234. The summed E-state index contributed by atoms with van der Waals surface area (Å²) in [6.07, 6.45) is 2.82. The largest absolute Gasteiger partial charge is 0.379 e. The number of piperidine rings is 1. The SMILES string of the molecule is COC(CN)CN(C)CC1CCN(C)CC1. The molecule has 1 rings (SSSR count). The molecule has 96 valence electrons. The number of nitrogens with zero attached hydrogens (tertiary/aromatic N) is 2. The molecule has 0 saturated carbocycles. The van der Waals surface area contributed by atoms with Gasteiger partial charge >= 0.3 is 0 Å². The lowest BCUT2D eigenvalue weighted by Gasteiger charge is -2.32. The van der Waals surface area contributed by atoms with E-state index in [1.807, 2.05) is 0 Å². The van der Waals surface area contributed by atoms with E-state index in [9.17, 15) is 0 Å². The Balaban J connectivity index is 2.20. The van der Waals surface area contributed by atoms with Gasteiger partial charge in [0.05, 0.1) is 6.10 Å². The standard InChI is InChI=1S/C12H27N3O/c1-14-6-4-11(5-7-14)9-15(2)10-12(8-13)16-3/h11-12H,4-10,13H2,1-3H3. The zero-order valence-corrected chi connectivity index (χ0v) is 11.0. The van der Waals surface area contributed by atoms with Gasteiger partial charge in [-0.05, 0) is 45.9 Å². The molecule has 4 nitrogen and oxygen atoms in total. The van der Waals surface area contributed by atoms with Gasteiger partial charge in [0.1, 0.15) is 0 Å². The summed E-state index contributed by atoms with van der Waals surface area (Å²) in [6, 6.07) is 0. The second-order valence-corrected chi connectivity index (χ2v) is 5.06. The number of rotatable bonds is 6. The molecule has 0 aromatic rings. The number of nitrogens with two attached hydrogens (primary N) is 1. The summed E-state index contributed by atoms with van der Waals surface area (Å²) in [5.41, 5.74) is 5.62. The summed E-state index contributed by atoms with van der Waals surface area (Å²) in [5.74, 6) is 0.844. The molecule has 2 N–H and O–H groups in total. The first-order valence-corrected chi connectivity index (χ1v) is 6.25. The molecule has 0 radical (unpaired) electrons. The van der Waals surface area contributed by atoms with Crippen molar-refractivity contribution in [3.63, 3.8) is 0 Å². The van der Waals surface area contributed by atoms with Crippen molar-refractivity contribution in [1.82, 2.24) is 9.80 Å². The van der Waals surface area contributed by atoms with E-state index in [-0.39, 0.29) is 6.10 Å². The number of hydrogen-bond acceptors (Lipinski definition) is 4. The van der Waals surface area contributed by atoms with Crippen molar-refractivity contribution in [2.75, 3.05) is 53.9 Å². The lowest BCUT2D eigenvalue weighted by atomic mass is 9.96. The molecule has 0 aromatic heterocycles. The van der Waals surface area contributed by atoms with Gasteiger partial charge in [-0.2, -0.15) is 0 Å². The van der Waals surface area contributed by atoms with Gasteiger partial charge in [0, 0.05) is 26.7 Å². The monoisotopic (exact) mass is 229 g/mol. The minimum atomic E-state index is 0.177. The molecule has 16 heavy (non-hydrogen) atoms. The van der Waals surface area contributed by atoms with Gasteiger partial charge in [0.25, 0.3) is 0 Å². The first kappa shape index (κ1) is 13.9. The first-order valence-electron chi connectivity index (χ1n) is 6.25. The average Bonchev–Trinajstić information content (AvgIpc) is 2.29. The maximum absolute atomic E-state index is 5.62. The smallest absolute Gasteiger partial charge is 0.0820 e. The Labute approximate surface area is 99.7 Å². The van der Waals surface area contributed by atoms with E-state index in [2.05, 4.69) is 23.9 Å². The first-order chi connectivity index (χ1) is 7.65. The Hall–Kier alpha value is -0.160. The molecule has 0 bridgehead atoms. The van der Waals surface area contributed by atoms with Crippen LogP contribution in [0.4, 0.5) is 0 Å². The zero-order valence-electron chi connectivity index (χ0n) is 11.0. The van der Waals surface area contributed by atoms with Crippen molar-refractivity contribution in [1.29, 1.82) is 0 Å². The van der Waals surface area contributed by atoms with Gasteiger partial charge in [-0.3, -0.25) is 0 Å². The Morgan fingerprint density at radius 2 is 2.06 bits per heavy atom. The average molecular weight is 229 g/mol. The van der Waals surface area contributed by atoms with E-state index < -0.39 is 0 Å². The Kier molecular flexibility index (Phi) is 6.28. The topological polar surface area (TPSA) is 41.7 Å². The molecule has 1 fully saturated rings. The van der Waals surface area contributed by atoms with Crippen LogP contribution in [0.25, 0.3) is 0 Å². The van der Waals surface area contributed by atoms with E-state index in [1.54, 1.807) is 7.11 Å². The third-order valence-electron chi connectivity index (χ3n) is 3.52. The number of ether oxygens (including phenoxy) is 1. The Bertz CT molecular complexity index is 177. The highest BCUT2D eigenvalue weighted by molar-refractivity contribution is 4.74. The summed E-state index contributed by atoms with van der Waals surface area (Å²) in [5, 5.41) is 0. The van der Waals surface area contributed by atoms with Gasteiger partial charge in [-0.15, -0.1) is 0 Å². The number of likely N-dealkylation sites (tertiary alicyclic amines) is 1. The van der Waals surface area contributed by atoms with Crippen molar-refractivity contribution in [2.45, 2.75) is 18.9 Å². The summed E-state index contributed by atoms with van der Waals surface area (Å²) in [7, 11) is 6.11. The van der Waals surface area contributed by atoms with Crippen LogP contribution in [0.5, 0.6) is 0 Å². The highest BCUT2D eigenvalue weighted by Gasteiger charge is 2.19. The molecule has 1 aliphatic heterocycles. The van der Waals surface area contributed by atoms with E-state index in [4.69, 9.17) is 10.5 Å². The van der Waals surface area contributed by atoms with Crippen molar-refractivity contribution in [3.05, 3.63) is 0 Å². The maximum Gasteiger partial charge on any atom is 0.0820 e. The highest BCUT2D eigenvalue weighted by atomic mass is 16.5. The van der Waals surface area contributed by atoms with E-state index in [0.29, 0.717) is 6.54 Å². The molecule has 1 heterocycles. The number of hydrogen-bond donors (Lipinski definition) is 1. The zero-order chi connectivity index (χ0) is 12.0. The highest BCUT2D eigenvalue weighted by Crippen LogP contribution is 2.16. The van der Waals surface area contributed by atoms with Crippen LogP contribution in [-0.2, 0) is 4.74 Å². The second kappa shape index (κ2) is 7.22. The molecule has 0 aromatic carbocycles. The fourth-order valence-corrected chi connectivity index (χ4v) is 2.35. The van der Waals surface area contributed by atoms with E-state index >= 15 is 0 Å². The normalized spacial score (nSPS) is 21.6. The summed E-state index contributed by atoms with van der Waals surface area (Å²) in [4.78, 5) is 4.77. The number of methoxy groups -OCH3 is 1. The van der Waals surface area contributed by atoms with Gasteiger partial charge in [-0.1, -0.05) is 0 Å². The van der Waals surface area contributed by atoms with Crippen molar-refractivity contribution in [3.8, 4) is 0 Å². The molecular weight excluding hydrogens is 202 g/mol. The quantitative estimate of drug-likeness (QED) is 0.708. The summed E-state index contributed by atoms with van der Waals surface area (Å²) in [6.45, 7) is 5.20. The molecule has 0 amide bonds. The van der Waals surface area contributed by atoms with Crippen molar-refractivity contribution in [2.24, 2.45) is 11.7 Å². The van der Waals surface area contributed by atoms with Crippen LogP contribution in [0.15, 0.2) is 0 Å². The maximum atomic E-state index is 5.62. The van der Waals surface area contributed by atoms with Gasteiger partial charge in [0.15, 0.2) is 0 Å². The summed E-state index contributed by atoms with van der Waals surface area (Å²) < 4.78 is 5.30. The molecule has 0 aliphatic carbocycles. The Morgan fingerprint density at radius 1 is 1.44 bits per heavy atom. The van der Waals surface area contributed by atoms with E-state index in [1.165, 1.54) is 32.5 Å². The second-order valence-electron chi connectivity index (χ2n) is 5.06. The fourth-order valence-electron chi connectivity index (χ4n) is 2.35. The van der Waals surface area contributed by atoms with Crippen molar-refractivity contribution < 1.29 is 4.74 Å². The van der Waals surface area contributed by atoms with Crippen LogP contribution in [0.1, 0.15) is 12.8 Å². The number of likely N-dealkylation sites (N-methyl/N-ethyl adjacent to an activating group) is 1. The fraction of sp³-hybridized carbons (Fsp3) is 1.00. The molecule has 4 heteroatoms. The third-order valence-corrected chi connectivity index (χ3v) is 3.52. The molecular formula is C12H27N3O. The minimum absolute atomic E-state index is 0.177. The van der Waals surface area contributed by atoms with Crippen LogP contribution in [0.2, 0.25) is 0 Å². The lowest BCUT2D eigenvalue weighted by molar-refractivity contribution is 0.0686. The molecule has 1 aliphatic rings. The summed E-state index contributed by atoms with van der Waals surface area (Å²) >= 11 is 0. The third kappa shape index (κ3) is 4.78. The van der Waals surface area contributed by atoms with Crippen LogP contribution in [0.3, 0.4) is 0 Å². The van der Waals surface area contributed by atoms with Crippen LogP contribution >= 0.6 is 0 Å². The van der Waals surface area contributed by atoms with Crippen LogP contribution in [-0.4, -0.2) is 69.8 Å². The molecule has 1 saturated heterocycles. The van der Waals surface area contributed by atoms with Gasteiger partial charge < -0.3 is 20.3 Å².